The molecule has 0 saturated carbocycles. The van der Waals surface area contributed by atoms with E-state index in [1.54, 1.807) is 0 Å². The molecule has 1 aliphatic carbocycles. The van der Waals surface area contributed by atoms with E-state index in [0.717, 1.165) is 22.3 Å². The molecule has 7 nitrogen and oxygen atoms in total. The van der Waals surface area contributed by atoms with Gasteiger partial charge in [-0.2, -0.15) is 0 Å². The Bertz CT molecular complexity index is 1240. The van der Waals surface area contributed by atoms with E-state index in [0.29, 0.717) is 10.2 Å². The predicted octanol–water partition coefficient (Wildman–Crippen LogP) is 5.65. The molecule has 0 fully saturated rings. The molecule has 1 aliphatic rings. The summed E-state index contributed by atoms with van der Waals surface area (Å²) in [6.07, 6.45) is -0.680. The van der Waals surface area contributed by atoms with Crippen molar-refractivity contribution in [3.05, 3.63) is 87.9 Å². The molecule has 0 saturated heterocycles. The van der Waals surface area contributed by atoms with Crippen molar-refractivity contribution in [1.29, 1.82) is 0 Å². The second kappa shape index (κ2) is 10.3. The number of alkyl carbamates (subject to hydrolysis) is 1. The van der Waals surface area contributed by atoms with Crippen LogP contribution in [-0.2, 0) is 9.53 Å². The molecule has 2 amide bonds. The fourth-order valence-corrected chi connectivity index (χ4v) is 4.74. The second-order valence-corrected chi connectivity index (χ2v) is 9.53. The third kappa shape index (κ3) is 5.22. The highest BCUT2D eigenvalue weighted by molar-refractivity contribution is 9.10. The first-order chi connectivity index (χ1) is 16.8. The zero-order valence-corrected chi connectivity index (χ0v) is 20.8. The van der Waals surface area contributed by atoms with E-state index in [-0.39, 0.29) is 24.0 Å². The maximum Gasteiger partial charge on any atom is 0.407 e. The summed E-state index contributed by atoms with van der Waals surface area (Å²) in [7, 11) is 0. The highest BCUT2D eigenvalue weighted by Gasteiger charge is 2.30. The largest absolute Gasteiger partial charge is 0.478 e. The number of rotatable bonds is 7. The number of halogens is 1. The quantitative estimate of drug-likeness (QED) is 0.362. The first-order valence-electron chi connectivity index (χ1n) is 11.2. The number of benzene rings is 3. The maximum absolute atomic E-state index is 12.9. The Morgan fingerprint density at radius 3 is 2.11 bits per heavy atom. The van der Waals surface area contributed by atoms with E-state index < -0.39 is 24.0 Å². The number of nitrogens with one attached hydrogen (secondary N) is 2. The average Bonchev–Trinajstić information content (AvgIpc) is 3.15. The zero-order chi connectivity index (χ0) is 25.1. The van der Waals surface area contributed by atoms with Crippen LogP contribution >= 0.6 is 15.9 Å². The van der Waals surface area contributed by atoms with Crippen LogP contribution in [0.5, 0.6) is 0 Å². The Hall–Kier alpha value is -3.65. The minimum absolute atomic E-state index is 0.0804. The van der Waals surface area contributed by atoms with Gasteiger partial charge in [0.25, 0.3) is 0 Å². The molecule has 8 heteroatoms. The number of fused-ring (bicyclic) bond motifs is 3. The van der Waals surface area contributed by atoms with Gasteiger partial charge in [0.1, 0.15) is 12.6 Å². The first-order valence-corrected chi connectivity index (χ1v) is 12.0. The first kappa shape index (κ1) is 24.5. The number of carboxylic acid groups (broad SMARTS) is 1. The van der Waals surface area contributed by atoms with Crippen molar-refractivity contribution < 1.29 is 24.2 Å². The molecule has 0 bridgehead atoms. The minimum atomic E-state index is -1.07. The fourth-order valence-electron chi connectivity index (χ4n) is 4.26. The van der Waals surface area contributed by atoms with Crippen molar-refractivity contribution in [3.63, 3.8) is 0 Å². The molecule has 180 valence electrons. The minimum Gasteiger partial charge on any atom is -0.478 e. The van der Waals surface area contributed by atoms with E-state index in [4.69, 9.17) is 9.84 Å². The molecule has 1 unspecified atom stereocenters. The highest BCUT2D eigenvalue weighted by Crippen LogP contribution is 2.44. The van der Waals surface area contributed by atoms with Crippen molar-refractivity contribution in [2.45, 2.75) is 25.8 Å². The van der Waals surface area contributed by atoms with Crippen molar-refractivity contribution in [2.75, 3.05) is 11.9 Å². The molecule has 0 spiro atoms. The molecule has 35 heavy (non-hydrogen) atoms. The zero-order valence-electron chi connectivity index (χ0n) is 19.2. The summed E-state index contributed by atoms with van der Waals surface area (Å²) in [6.45, 7) is 3.78. The van der Waals surface area contributed by atoms with Crippen LogP contribution in [0.25, 0.3) is 11.1 Å². The number of hydrogen-bond donors (Lipinski definition) is 3. The normalized spacial score (nSPS) is 13.0. The van der Waals surface area contributed by atoms with Crippen LogP contribution in [0.15, 0.2) is 71.2 Å². The molecule has 3 aromatic rings. The van der Waals surface area contributed by atoms with Gasteiger partial charge in [-0.15, -0.1) is 0 Å². The number of carboxylic acids is 1. The van der Waals surface area contributed by atoms with Gasteiger partial charge < -0.3 is 20.5 Å². The summed E-state index contributed by atoms with van der Waals surface area (Å²) in [4.78, 5) is 36.8. The Morgan fingerprint density at radius 2 is 1.57 bits per heavy atom. The predicted molar refractivity (Wildman–Crippen MR) is 137 cm³/mol. The summed E-state index contributed by atoms with van der Waals surface area (Å²) in [5, 5.41) is 14.5. The monoisotopic (exact) mass is 536 g/mol. The van der Waals surface area contributed by atoms with Crippen molar-refractivity contribution >= 4 is 39.6 Å². The summed E-state index contributed by atoms with van der Waals surface area (Å²) in [5.74, 6) is -1.80. The molecule has 4 rings (SSSR count). The van der Waals surface area contributed by atoms with Crippen molar-refractivity contribution in [1.82, 2.24) is 5.32 Å². The van der Waals surface area contributed by atoms with Crippen LogP contribution in [0.2, 0.25) is 0 Å². The van der Waals surface area contributed by atoms with Gasteiger partial charge in [-0.1, -0.05) is 62.4 Å². The van der Waals surface area contributed by atoms with Crippen LogP contribution in [0, 0.1) is 5.92 Å². The highest BCUT2D eigenvalue weighted by atomic mass is 79.9. The third-order valence-electron chi connectivity index (χ3n) is 6.04. The Balaban J connectivity index is 1.42. The van der Waals surface area contributed by atoms with E-state index in [9.17, 15) is 14.4 Å². The lowest BCUT2D eigenvalue weighted by Crippen LogP contribution is -2.47. The van der Waals surface area contributed by atoms with Crippen LogP contribution in [0.3, 0.4) is 0 Å². The number of amides is 2. The average molecular weight is 537 g/mol. The molecule has 0 aromatic heterocycles. The number of aromatic carboxylic acids is 1. The fraction of sp³-hybridized carbons (Fsp3) is 0.222. The van der Waals surface area contributed by atoms with E-state index >= 15 is 0 Å². The summed E-state index contributed by atoms with van der Waals surface area (Å²) < 4.78 is 6.01. The van der Waals surface area contributed by atoms with E-state index in [1.807, 2.05) is 50.2 Å². The third-order valence-corrected chi connectivity index (χ3v) is 6.70. The maximum atomic E-state index is 12.9. The molecular weight excluding hydrogens is 512 g/mol. The number of carbonyl (C=O) groups is 3. The van der Waals surface area contributed by atoms with Crippen molar-refractivity contribution in [3.8, 4) is 11.1 Å². The van der Waals surface area contributed by atoms with Crippen LogP contribution < -0.4 is 10.6 Å². The van der Waals surface area contributed by atoms with Gasteiger partial charge in [0.15, 0.2) is 0 Å². The summed E-state index contributed by atoms with van der Waals surface area (Å²) in [6, 6.07) is 19.6. The Labute approximate surface area is 211 Å². The van der Waals surface area contributed by atoms with Gasteiger partial charge in [-0.3, -0.25) is 4.79 Å². The van der Waals surface area contributed by atoms with Crippen LogP contribution in [-0.4, -0.2) is 35.7 Å². The molecule has 0 radical (unpaired) electrons. The van der Waals surface area contributed by atoms with Crippen LogP contribution in [0.4, 0.5) is 10.5 Å². The van der Waals surface area contributed by atoms with Gasteiger partial charge in [0.05, 0.1) is 11.3 Å². The van der Waals surface area contributed by atoms with Gasteiger partial charge in [0, 0.05) is 10.4 Å². The van der Waals surface area contributed by atoms with E-state index in [2.05, 4.69) is 38.7 Å². The van der Waals surface area contributed by atoms with E-state index in [1.165, 1.54) is 18.2 Å². The second-order valence-electron chi connectivity index (χ2n) is 8.68. The lowest BCUT2D eigenvalue weighted by Gasteiger charge is -2.22. The van der Waals surface area contributed by atoms with Gasteiger partial charge in [-0.25, -0.2) is 9.59 Å². The summed E-state index contributed by atoms with van der Waals surface area (Å²) in [5.41, 5.74) is 4.97. The SMILES string of the molecule is CC(C)C(NC(=O)OCC1c2ccccc2-c2ccccc21)C(=O)Nc1ccc(C(=O)O)cc1Br. The molecule has 0 heterocycles. The molecule has 1 atom stereocenters. The standard InChI is InChI=1S/C27H25BrN2O5/c1-15(2)24(25(31)29-23-12-11-16(26(32)33)13-22(23)28)30-27(34)35-14-21-19-9-5-3-7-17(19)18-8-4-6-10-20(18)21/h3-13,15,21,24H,14H2,1-2H3,(H,29,31)(H,30,34)(H,32,33). The Morgan fingerprint density at radius 1 is 0.971 bits per heavy atom. The number of carbonyl (C=O) groups excluding carboxylic acids is 2. The van der Waals surface area contributed by atoms with Gasteiger partial charge in [-0.05, 0) is 62.3 Å². The summed E-state index contributed by atoms with van der Waals surface area (Å²) >= 11 is 3.28. The Kier molecular flexibility index (Phi) is 7.21. The van der Waals surface area contributed by atoms with Gasteiger partial charge >= 0.3 is 12.1 Å². The number of anilines is 1. The number of ether oxygens (including phenoxy) is 1. The number of hydrogen-bond acceptors (Lipinski definition) is 4. The molecule has 0 aliphatic heterocycles. The smallest absolute Gasteiger partial charge is 0.407 e. The molecular formula is C27H25BrN2O5. The van der Waals surface area contributed by atoms with Crippen molar-refractivity contribution in [2.24, 2.45) is 5.92 Å². The van der Waals surface area contributed by atoms with Crippen LogP contribution in [0.1, 0.15) is 41.3 Å². The van der Waals surface area contributed by atoms with Gasteiger partial charge in [0.2, 0.25) is 5.91 Å². The topological polar surface area (TPSA) is 105 Å². The lowest BCUT2D eigenvalue weighted by molar-refractivity contribution is -0.119. The molecule has 3 N–H and O–H groups in total. The molecule has 3 aromatic carbocycles. The lowest BCUT2D eigenvalue weighted by atomic mass is 9.98.